The molecule has 0 aromatic heterocycles. The molecule has 170 valence electrons. The van der Waals surface area contributed by atoms with Gasteiger partial charge in [-0.25, -0.2) is 4.79 Å². The maximum atomic E-state index is 11.8. The first-order valence-corrected chi connectivity index (χ1v) is 9.89. The van der Waals surface area contributed by atoms with Crippen LogP contribution < -0.4 is 5.32 Å². The highest BCUT2D eigenvalue weighted by atomic mass is 16.7. The van der Waals surface area contributed by atoms with Crippen molar-refractivity contribution in [2.45, 2.75) is 69.5 Å². The molecule has 2 fully saturated rings. The van der Waals surface area contributed by atoms with E-state index in [1.165, 1.54) is 0 Å². The van der Waals surface area contributed by atoms with Gasteiger partial charge in [-0.1, -0.05) is 0 Å². The smallest absolute Gasteiger partial charge is 0.333 e. The molecule has 0 bridgehead atoms. The molecule has 0 aromatic rings. The third kappa shape index (κ3) is 7.29. The van der Waals surface area contributed by atoms with Gasteiger partial charge in [0.25, 0.3) is 11.8 Å². The van der Waals surface area contributed by atoms with E-state index in [-0.39, 0.29) is 51.2 Å². The van der Waals surface area contributed by atoms with Crippen LogP contribution >= 0.6 is 0 Å². The number of imide groups is 1. The average Bonchev–Trinajstić information content (AvgIpc) is 3.03. The molecule has 3 amide bonds. The molecular weight excluding hydrogens is 404 g/mol. The molecule has 2 rings (SSSR count). The molecule has 2 unspecified atom stereocenters. The van der Waals surface area contributed by atoms with E-state index in [0.29, 0.717) is 17.9 Å². The van der Waals surface area contributed by atoms with Crippen LogP contribution in [0.5, 0.6) is 0 Å². The van der Waals surface area contributed by atoms with Gasteiger partial charge in [-0.15, -0.1) is 5.06 Å². The summed E-state index contributed by atoms with van der Waals surface area (Å²) in [4.78, 5) is 50.8. The van der Waals surface area contributed by atoms with Crippen LogP contribution in [0.3, 0.4) is 0 Å². The van der Waals surface area contributed by atoms with E-state index in [1.54, 1.807) is 0 Å². The Morgan fingerprint density at radius 1 is 1.13 bits per heavy atom. The van der Waals surface area contributed by atoms with E-state index in [4.69, 9.17) is 19.4 Å². The van der Waals surface area contributed by atoms with Gasteiger partial charge in [-0.3, -0.25) is 14.4 Å². The fourth-order valence-electron chi connectivity index (χ4n) is 3.00. The van der Waals surface area contributed by atoms with Crippen molar-refractivity contribution < 1.29 is 48.8 Å². The summed E-state index contributed by atoms with van der Waals surface area (Å²) in [7, 11) is 0. The summed E-state index contributed by atoms with van der Waals surface area (Å²) < 4.78 is 10.7. The van der Waals surface area contributed by atoms with Gasteiger partial charge in [0.05, 0.1) is 19.3 Å². The SMILES string of the molecule is O=C(CCCCC(=O)ON1C(=O)CCC1=O)NCCO[C@@H]1CC(O)[C@H](O)C(CO)O1. The van der Waals surface area contributed by atoms with Crippen molar-refractivity contribution in [2.24, 2.45) is 0 Å². The molecule has 0 saturated carbocycles. The second kappa shape index (κ2) is 11.9. The van der Waals surface area contributed by atoms with Crippen molar-refractivity contribution in [3.63, 3.8) is 0 Å². The van der Waals surface area contributed by atoms with Crippen LogP contribution in [0.1, 0.15) is 44.9 Å². The van der Waals surface area contributed by atoms with Gasteiger partial charge >= 0.3 is 5.97 Å². The molecule has 12 heteroatoms. The minimum Gasteiger partial charge on any atom is -0.394 e. The highest BCUT2D eigenvalue weighted by Crippen LogP contribution is 2.20. The summed E-state index contributed by atoms with van der Waals surface area (Å²) in [5.41, 5.74) is 0. The lowest BCUT2D eigenvalue weighted by atomic mass is 10.0. The van der Waals surface area contributed by atoms with Gasteiger partial charge in [0.1, 0.15) is 12.2 Å². The number of unbranched alkanes of at least 4 members (excludes halogenated alkanes) is 1. The first-order chi connectivity index (χ1) is 14.3. The lowest BCUT2D eigenvalue weighted by molar-refractivity contribution is -0.256. The highest BCUT2D eigenvalue weighted by Gasteiger charge is 2.36. The van der Waals surface area contributed by atoms with Gasteiger partial charge in [0.2, 0.25) is 5.91 Å². The van der Waals surface area contributed by atoms with Crippen molar-refractivity contribution in [3.05, 3.63) is 0 Å². The Morgan fingerprint density at radius 2 is 1.80 bits per heavy atom. The number of aliphatic hydroxyl groups excluding tert-OH is 3. The van der Waals surface area contributed by atoms with E-state index in [1.807, 2.05) is 0 Å². The Bertz CT molecular complexity index is 612. The number of nitrogens with zero attached hydrogens (tertiary/aromatic N) is 1. The van der Waals surface area contributed by atoms with Gasteiger partial charge in [-0.05, 0) is 12.8 Å². The number of hydroxylamine groups is 2. The number of ether oxygens (including phenoxy) is 2. The van der Waals surface area contributed by atoms with Crippen molar-refractivity contribution in [1.82, 2.24) is 10.4 Å². The van der Waals surface area contributed by atoms with Gasteiger partial charge in [0.15, 0.2) is 6.29 Å². The lowest BCUT2D eigenvalue weighted by Crippen LogP contribution is -2.50. The molecule has 12 nitrogen and oxygen atoms in total. The number of carbonyl (C=O) groups excluding carboxylic acids is 4. The summed E-state index contributed by atoms with van der Waals surface area (Å²) in [5.74, 6) is -2.02. The number of hydrogen-bond donors (Lipinski definition) is 4. The van der Waals surface area contributed by atoms with Crippen LogP contribution in [0.15, 0.2) is 0 Å². The molecule has 0 radical (unpaired) electrons. The van der Waals surface area contributed by atoms with E-state index in [0.717, 1.165) is 0 Å². The van der Waals surface area contributed by atoms with Crippen molar-refractivity contribution in [3.8, 4) is 0 Å². The molecular formula is C18H28N2O10. The first kappa shape index (κ1) is 24.2. The summed E-state index contributed by atoms with van der Waals surface area (Å²) in [6, 6.07) is 0. The fraction of sp³-hybridized carbons (Fsp3) is 0.778. The molecule has 0 spiro atoms. The zero-order valence-electron chi connectivity index (χ0n) is 16.5. The number of rotatable bonds is 11. The third-order valence-electron chi connectivity index (χ3n) is 4.68. The quantitative estimate of drug-likeness (QED) is 0.214. The number of carbonyl (C=O) groups is 4. The standard InChI is InChI=1S/C18H28N2O10/c21-10-12-18(27)11(22)9-17(29-12)28-8-7-19-13(23)3-1-2-4-16(26)30-20-14(24)5-6-15(20)25/h11-12,17-18,21-22,27H,1-10H2,(H,19,23)/t11?,12?,17-,18-/m0/s1. The Hall–Kier alpha value is -2.12. The summed E-state index contributed by atoms with van der Waals surface area (Å²) in [6.07, 6.45) is -2.92. The Morgan fingerprint density at radius 3 is 2.47 bits per heavy atom. The number of hydrogen-bond acceptors (Lipinski definition) is 10. The largest absolute Gasteiger partial charge is 0.394 e. The number of aliphatic hydroxyl groups is 3. The normalized spacial score (nSPS) is 26.7. The van der Waals surface area contributed by atoms with E-state index in [9.17, 15) is 29.4 Å². The zero-order chi connectivity index (χ0) is 22.1. The second-order valence-corrected chi connectivity index (χ2v) is 7.05. The van der Waals surface area contributed by atoms with Crippen molar-refractivity contribution in [1.29, 1.82) is 0 Å². The average molecular weight is 432 g/mol. The molecule has 2 aliphatic rings. The molecule has 4 atom stereocenters. The van der Waals surface area contributed by atoms with E-state index in [2.05, 4.69) is 5.32 Å². The Balaban J connectivity index is 1.51. The van der Waals surface area contributed by atoms with Crippen LogP contribution in [0.2, 0.25) is 0 Å². The van der Waals surface area contributed by atoms with Gasteiger partial charge in [-0.2, -0.15) is 0 Å². The molecule has 2 heterocycles. The predicted octanol–water partition coefficient (Wildman–Crippen LogP) is -1.88. The first-order valence-electron chi connectivity index (χ1n) is 9.89. The topological polar surface area (TPSA) is 172 Å². The van der Waals surface area contributed by atoms with E-state index >= 15 is 0 Å². The summed E-state index contributed by atoms with van der Waals surface area (Å²) in [5, 5.41) is 31.5. The van der Waals surface area contributed by atoms with Crippen LogP contribution in [0, 0.1) is 0 Å². The molecule has 0 aliphatic carbocycles. The predicted molar refractivity (Wildman–Crippen MR) is 97.0 cm³/mol. The number of nitrogens with one attached hydrogen (secondary N) is 1. The van der Waals surface area contributed by atoms with Crippen LogP contribution in [0.4, 0.5) is 0 Å². The van der Waals surface area contributed by atoms with Gasteiger partial charge < -0.3 is 34.9 Å². The Kier molecular flexibility index (Phi) is 9.59. The van der Waals surface area contributed by atoms with Crippen LogP contribution in [0.25, 0.3) is 0 Å². The number of amides is 3. The van der Waals surface area contributed by atoms with Crippen LogP contribution in [-0.4, -0.2) is 88.4 Å². The maximum Gasteiger partial charge on any atom is 0.333 e. The maximum absolute atomic E-state index is 11.8. The Labute approximate surface area is 173 Å². The summed E-state index contributed by atoms with van der Waals surface area (Å²) >= 11 is 0. The van der Waals surface area contributed by atoms with Crippen molar-refractivity contribution >= 4 is 23.7 Å². The third-order valence-corrected chi connectivity index (χ3v) is 4.68. The fourth-order valence-corrected chi connectivity index (χ4v) is 3.00. The molecule has 0 aromatic carbocycles. The molecule has 2 aliphatic heterocycles. The second-order valence-electron chi connectivity index (χ2n) is 7.05. The minimum atomic E-state index is -1.18. The van der Waals surface area contributed by atoms with Gasteiger partial charge in [0, 0.05) is 38.6 Å². The zero-order valence-corrected chi connectivity index (χ0v) is 16.5. The molecule has 4 N–H and O–H groups in total. The highest BCUT2D eigenvalue weighted by molar-refractivity contribution is 6.01. The molecule has 2 saturated heterocycles. The van der Waals surface area contributed by atoms with Crippen LogP contribution in [-0.2, 0) is 33.5 Å². The monoisotopic (exact) mass is 432 g/mol. The summed E-state index contributed by atoms with van der Waals surface area (Å²) in [6.45, 7) is -0.142. The minimum absolute atomic E-state index is 0.0212. The van der Waals surface area contributed by atoms with E-state index < -0.39 is 49.0 Å². The molecule has 30 heavy (non-hydrogen) atoms. The lowest BCUT2D eigenvalue weighted by Gasteiger charge is -2.36. The van der Waals surface area contributed by atoms with Crippen molar-refractivity contribution in [2.75, 3.05) is 19.8 Å².